The lowest BCUT2D eigenvalue weighted by Gasteiger charge is -2.40. The summed E-state index contributed by atoms with van der Waals surface area (Å²) in [6.07, 6.45) is 10.5. The fourth-order valence-electron chi connectivity index (χ4n) is 5.89. The highest BCUT2D eigenvalue weighted by molar-refractivity contribution is 5.69. The van der Waals surface area contributed by atoms with E-state index in [4.69, 9.17) is 33.9 Å². The Kier molecular flexibility index (Phi) is 16.2. The van der Waals surface area contributed by atoms with E-state index in [9.17, 15) is 4.79 Å². The van der Waals surface area contributed by atoms with Gasteiger partial charge in [-0.3, -0.25) is 9.97 Å². The number of likely N-dealkylation sites (tertiary alicyclic amines) is 1. The third-order valence-corrected chi connectivity index (χ3v) is 9.08. The Hall–Kier alpha value is -4.59. The highest BCUT2D eigenvalue weighted by Gasteiger charge is 2.35. The number of hydrogen-bond acceptors (Lipinski definition) is 11. The number of nitrogens with zero attached hydrogens (tertiary/aromatic N) is 3. The summed E-state index contributed by atoms with van der Waals surface area (Å²) in [4.78, 5) is 22.6. The molecule has 2 aromatic heterocycles. The average Bonchev–Trinajstić information content (AvgIpc) is 3.14. The van der Waals surface area contributed by atoms with Crippen molar-refractivity contribution in [3.8, 4) is 33.8 Å². The van der Waals surface area contributed by atoms with Crippen LogP contribution in [0.25, 0.3) is 22.3 Å². The van der Waals surface area contributed by atoms with Crippen molar-refractivity contribution in [3.05, 3.63) is 96.6 Å². The second-order valence-corrected chi connectivity index (χ2v) is 14.6. The smallest absolute Gasteiger partial charge is 0.410 e. The van der Waals surface area contributed by atoms with E-state index in [-0.39, 0.29) is 25.3 Å². The van der Waals surface area contributed by atoms with Crippen molar-refractivity contribution in [3.63, 3.8) is 0 Å². The standard InChI is InChI=1S/C24H32N2O5.C19H24N2O3/c1-24(2,3)31-23(28)26-9-7-21(26)17-30-22-14-20(15-25-16-22)19-6-4-5-18(13-19)8-11-29-12-10-27;22-7-9-23-8-5-15-2-1-3-16(10-15)17-11-19(13-20-12-17)24-14-18-4-6-21-18/h4-6,13-16,21,27H,7-12,17H2,1-3H3;1-3,10-13,18,21-22H,4-9,14H2/t21-;18-/m00/s1. The van der Waals surface area contributed by atoms with Gasteiger partial charge in [-0.1, -0.05) is 48.5 Å². The van der Waals surface area contributed by atoms with Crippen LogP contribution in [0.5, 0.6) is 11.5 Å². The number of hydrogen-bond donors (Lipinski definition) is 3. The lowest BCUT2D eigenvalue weighted by Crippen LogP contribution is -2.55. The van der Waals surface area contributed by atoms with Crippen LogP contribution in [0.1, 0.15) is 44.7 Å². The number of carbonyl (C=O) groups is 1. The predicted octanol–water partition coefficient (Wildman–Crippen LogP) is 5.73. The van der Waals surface area contributed by atoms with Gasteiger partial charge in [0.15, 0.2) is 0 Å². The van der Waals surface area contributed by atoms with Crippen molar-refractivity contribution in [2.24, 2.45) is 0 Å². The van der Waals surface area contributed by atoms with Gasteiger partial charge in [-0.2, -0.15) is 0 Å². The van der Waals surface area contributed by atoms with Crippen molar-refractivity contribution in [2.75, 3.05) is 65.9 Å². The highest BCUT2D eigenvalue weighted by Crippen LogP contribution is 2.27. The van der Waals surface area contributed by atoms with Gasteiger partial charge in [0.1, 0.15) is 30.3 Å². The van der Waals surface area contributed by atoms with Crippen molar-refractivity contribution in [1.82, 2.24) is 20.2 Å². The predicted molar refractivity (Wildman–Crippen MR) is 211 cm³/mol. The fraction of sp³-hybridized carbons (Fsp3) is 0.465. The summed E-state index contributed by atoms with van der Waals surface area (Å²) in [5, 5.41) is 20.9. The minimum Gasteiger partial charge on any atom is -0.490 e. The molecule has 0 spiro atoms. The summed E-state index contributed by atoms with van der Waals surface area (Å²) in [6.45, 7) is 10.5. The molecule has 3 N–H and O–H groups in total. The molecule has 0 radical (unpaired) electrons. The Bertz CT molecular complexity index is 1760. The number of pyridine rings is 2. The zero-order valence-corrected chi connectivity index (χ0v) is 32.3. The summed E-state index contributed by atoms with van der Waals surface area (Å²) in [5.74, 6) is 1.48. The van der Waals surface area contributed by atoms with Crippen LogP contribution in [0.2, 0.25) is 0 Å². The molecule has 2 aliphatic rings. The average molecular weight is 757 g/mol. The molecule has 0 saturated carbocycles. The summed E-state index contributed by atoms with van der Waals surface area (Å²) >= 11 is 0. The summed E-state index contributed by atoms with van der Waals surface area (Å²) in [7, 11) is 0. The van der Waals surface area contributed by atoms with Crippen LogP contribution in [0.3, 0.4) is 0 Å². The van der Waals surface area contributed by atoms with Gasteiger partial charge in [-0.25, -0.2) is 4.79 Å². The molecular formula is C43H56N4O8. The first kappa shape index (κ1) is 41.6. The van der Waals surface area contributed by atoms with E-state index in [1.807, 2.05) is 63.5 Å². The van der Waals surface area contributed by atoms with Gasteiger partial charge in [0.2, 0.25) is 0 Å². The number of nitrogens with one attached hydrogen (secondary N) is 1. The number of rotatable bonds is 18. The van der Waals surface area contributed by atoms with Crippen LogP contribution in [-0.4, -0.2) is 115 Å². The monoisotopic (exact) mass is 756 g/mol. The van der Waals surface area contributed by atoms with E-state index in [1.165, 1.54) is 12.0 Å². The topological polar surface area (TPSA) is 145 Å². The first-order chi connectivity index (χ1) is 26.7. The minimum absolute atomic E-state index is 0.0146. The van der Waals surface area contributed by atoms with Crippen LogP contribution >= 0.6 is 0 Å². The van der Waals surface area contributed by atoms with Crippen molar-refractivity contribution in [2.45, 2.75) is 64.1 Å². The molecule has 2 atom stereocenters. The molecule has 2 fully saturated rings. The first-order valence-electron chi connectivity index (χ1n) is 19.2. The number of aliphatic hydroxyl groups excluding tert-OH is 2. The Morgan fingerprint density at radius 3 is 1.75 bits per heavy atom. The maximum Gasteiger partial charge on any atom is 0.410 e. The lowest BCUT2D eigenvalue weighted by molar-refractivity contribution is -0.0141. The summed E-state index contributed by atoms with van der Waals surface area (Å²) in [5.41, 5.74) is 6.04. The fourth-order valence-corrected chi connectivity index (χ4v) is 5.89. The van der Waals surface area contributed by atoms with Gasteiger partial charge >= 0.3 is 6.09 Å². The van der Waals surface area contributed by atoms with Crippen molar-refractivity contribution in [1.29, 1.82) is 0 Å². The van der Waals surface area contributed by atoms with Gasteiger partial charge in [0.05, 0.1) is 58.1 Å². The van der Waals surface area contributed by atoms with Crippen LogP contribution in [0.15, 0.2) is 85.5 Å². The van der Waals surface area contributed by atoms with Gasteiger partial charge in [-0.15, -0.1) is 0 Å². The molecular weight excluding hydrogens is 700 g/mol. The van der Waals surface area contributed by atoms with Gasteiger partial charge in [0, 0.05) is 36.1 Å². The van der Waals surface area contributed by atoms with E-state index >= 15 is 0 Å². The molecule has 296 valence electrons. The largest absolute Gasteiger partial charge is 0.490 e. The number of aromatic nitrogens is 2. The number of ether oxygens (including phenoxy) is 5. The quantitative estimate of drug-likeness (QED) is 0.107. The number of benzene rings is 2. The van der Waals surface area contributed by atoms with Gasteiger partial charge in [-0.05, 0) is 87.4 Å². The maximum atomic E-state index is 12.3. The molecule has 12 heteroatoms. The maximum absolute atomic E-state index is 12.3. The molecule has 12 nitrogen and oxygen atoms in total. The SMILES string of the molecule is CC(C)(C)OC(=O)N1CC[C@H]1COc1cncc(-c2cccc(CCOCCO)c2)c1.OCCOCCc1cccc(-c2cncc(OC[C@@H]3CCN3)c2)c1. The van der Waals surface area contributed by atoms with Gasteiger partial charge < -0.3 is 44.1 Å². The molecule has 4 aromatic rings. The summed E-state index contributed by atoms with van der Waals surface area (Å²) in [6, 6.07) is 21.1. The van der Waals surface area contributed by atoms with Crippen LogP contribution in [-0.2, 0) is 27.1 Å². The van der Waals surface area contributed by atoms with Crippen molar-refractivity contribution < 1.29 is 38.7 Å². The summed E-state index contributed by atoms with van der Waals surface area (Å²) < 4.78 is 27.9. The third-order valence-electron chi connectivity index (χ3n) is 9.08. The Balaban J connectivity index is 0.000000218. The van der Waals surface area contributed by atoms with E-state index < -0.39 is 5.60 Å². The van der Waals surface area contributed by atoms with E-state index in [2.05, 4.69) is 45.6 Å². The lowest BCUT2D eigenvalue weighted by atomic mass is 10.0. The number of aliphatic hydroxyl groups is 2. The normalized spacial score (nSPS) is 16.3. The van der Waals surface area contributed by atoms with Crippen LogP contribution in [0.4, 0.5) is 4.79 Å². The Labute approximate surface area is 324 Å². The zero-order chi connectivity index (χ0) is 38.9. The number of amides is 1. The van der Waals surface area contributed by atoms with Crippen LogP contribution in [0, 0.1) is 0 Å². The molecule has 0 aliphatic carbocycles. The second kappa shape index (κ2) is 21.5. The van der Waals surface area contributed by atoms with E-state index in [0.717, 1.165) is 59.4 Å². The molecule has 0 unspecified atom stereocenters. The molecule has 2 aromatic carbocycles. The Morgan fingerprint density at radius 1 is 0.745 bits per heavy atom. The van der Waals surface area contributed by atoms with Gasteiger partial charge in [0.25, 0.3) is 0 Å². The zero-order valence-electron chi connectivity index (χ0n) is 32.3. The molecule has 0 bridgehead atoms. The molecule has 1 amide bonds. The van der Waals surface area contributed by atoms with Crippen LogP contribution < -0.4 is 14.8 Å². The molecule has 2 aliphatic heterocycles. The third kappa shape index (κ3) is 13.9. The minimum atomic E-state index is -0.504. The number of carbonyl (C=O) groups excluding carboxylic acids is 1. The molecule has 2 saturated heterocycles. The van der Waals surface area contributed by atoms with E-state index in [1.54, 1.807) is 17.3 Å². The molecule has 4 heterocycles. The molecule has 6 rings (SSSR count). The Morgan fingerprint density at radius 2 is 1.29 bits per heavy atom. The van der Waals surface area contributed by atoms with E-state index in [0.29, 0.717) is 58.0 Å². The first-order valence-corrected chi connectivity index (χ1v) is 19.2. The second-order valence-electron chi connectivity index (χ2n) is 14.6. The molecule has 55 heavy (non-hydrogen) atoms. The highest BCUT2D eigenvalue weighted by atomic mass is 16.6. The van der Waals surface area contributed by atoms with Crippen molar-refractivity contribution >= 4 is 6.09 Å².